The fourth-order valence-electron chi connectivity index (χ4n) is 2.00. The van der Waals surface area contributed by atoms with Crippen LogP contribution >= 0.6 is 31.9 Å². The van der Waals surface area contributed by atoms with Gasteiger partial charge in [-0.3, -0.25) is 0 Å². The maximum Gasteiger partial charge on any atom is 0.129 e. The highest BCUT2D eigenvalue weighted by Gasteiger charge is 2.17. The van der Waals surface area contributed by atoms with Crippen LogP contribution in [0.25, 0.3) is 0 Å². The Morgan fingerprint density at radius 1 is 1.10 bits per heavy atom. The van der Waals surface area contributed by atoms with E-state index in [4.69, 9.17) is 5.73 Å². The molecule has 0 aliphatic heterocycles. The van der Waals surface area contributed by atoms with Crippen molar-refractivity contribution in [1.29, 1.82) is 0 Å². The Labute approximate surface area is 133 Å². The molecule has 0 radical (unpaired) electrons. The summed E-state index contributed by atoms with van der Waals surface area (Å²) in [5.74, 6) is -1.13. The lowest BCUT2D eigenvalue weighted by Crippen LogP contribution is -2.16. The average Bonchev–Trinajstić information content (AvgIpc) is 2.38. The standard InChI is InChI=1S/C15H13Br2F2N/c1-8-5-12(17)9(6-11(8)16)15(20)7-10-13(18)3-2-4-14(10)19/h2-6,15H,7,20H2,1H3. The zero-order valence-corrected chi connectivity index (χ0v) is 13.9. The van der Waals surface area contributed by atoms with Crippen LogP contribution in [0.15, 0.2) is 39.3 Å². The van der Waals surface area contributed by atoms with Gasteiger partial charge in [-0.1, -0.05) is 37.9 Å². The summed E-state index contributed by atoms with van der Waals surface area (Å²) < 4.78 is 29.1. The molecule has 0 heterocycles. The molecule has 2 aromatic rings. The largest absolute Gasteiger partial charge is 0.324 e. The van der Waals surface area contributed by atoms with Gasteiger partial charge < -0.3 is 5.73 Å². The van der Waals surface area contributed by atoms with E-state index in [0.29, 0.717) is 0 Å². The summed E-state index contributed by atoms with van der Waals surface area (Å²) >= 11 is 6.88. The van der Waals surface area contributed by atoms with Gasteiger partial charge in [-0.2, -0.15) is 0 Å². The van der Waals surface area contributed by atoms with Gasteiger partial charge in [0.1, 0.15) is 11.6 Å². The van der Waals surface area contributed by atoms with Gasteiger partial charge in [-0.25, -0.2) is 8.78 Å². The number of aryl methyl sites for hydroxylation is 1. The zero-order chi connectivity index (χ0) is 14.9. The van der Waals surface area contributed by atoms with Crippen LogP contribution in [-0.4, -0.2) is 0 Å². The molecule has 106 valence electrons. The van der Waals surface area contributed by atoms with Gasteiger partial charge in [0.2, 0.25) is 0 Å². The summed E-state index contributed by atoms with van der Waals surface area (Å²) in [6, 6.07) is 7.14. The molecule has 2 N–H and O–H groups in total. The van der Waals surface area contributed by atoms with E-state index in [0.717, 1.165) is 20.1 Å². The molecular formula is C15H13Br2F2N. The maximum atomic E-state index is 13.7. The smallest absolute Gasteiger partial charge is 0.129 e. The van der Waals surface area contributed by atoms with Crippen LogP contribution in [0, 0.1) is 18.6 Å². The van der Waals surface area contributed by atoms with Crippen LogP contribution in [-0.2, 0) is 6.42 Å². The highest BCUT2D eigenvalue weighted by Crippen LogP contribution is 2.31. The van der Waals surface area contributed by atoms with Crippen molar-refractivity contribution in [3.63, 3.8) is 0 Å². The number of hydrogen-bond donors (Lipinski definition) is 1. The van der Waals surface area contributed by atoms with Crippen molar-refractivity contribution in [2.24, 2.45) is 5.73 Å². The lowest BCUT2D eigenvalue weighted by molar-refractivity contribution is 0.539. The second kappa shape index (κ2) is 6.33. The lowest BCUT2D eigenvalue weighted by Gasteiger charge is -2.16. The molecule has 0 amide bonds. The Hall–Kier alpha value is -0.780. The molecule has 1 atom stereocenters. The summed E-state index contributed by atoms with van der Waals surface area (Å²) in [5, 5.41) is 0. The molecule has 0 saturated heterocycles. The van der Waals surface area contributed by atoms with Gasteiger partial charge in [0.05, 0.1) is 0 Å². The summed E-state index contributed by atoms with van der Waals surface area (Å²) in [5.41, 5.74) is 7.99. The first-order valence-electron chi connectivity index (χ1n) is 6.04. The molecule has 0 fully saturated rings. The highest BCUT2D eigenvalue weighted by atomic mass is 79.9. The van der Waals surface area contributed by atoms with Gasteiger partial charge in [-0.15, -0.1) is 0 Å². The number of rotatable bonds is 3. The highest BCUT2D eigenvalue weighted by molar-refractivity contribution is 9.11. The van der Waals surface area contributed by atoms with Crippen molar-refractivity contribution < 1.29 is 8.78 Å². The Balaban J connectivity index is 2.33. The summed E-state index contributed by atoms with van der Waals surface area (Å²) in [6.45, 7) is 1.96. The lowest BCUT2D eigenvalue weighted by atomic mass is 9.98. The summed E-state index contributed by atoms with van der Waals surface area (Å²) in [7, 11) is 0. The van der Waals surface area contributed by atoms with Crippen molar-refractivity contribution in [1.82, 2.24) is 0 Å². The maximum absolute atomic E-state index is 13.7. The van der Waals surface area contributed by atoms with E-state index in [1.807, 2.05) is 19.1 Å². The van der Waals surface area contributed by atoms with Crippen molar-refractivity contribution in [3.8, 4) is 0 Å². The molecule has 0 bridgehead atoms. The Morgan fingerprint density at radius 3 is 2.30 bits per heavy atom. The van der Waals surface area contributed by atoms with Crippen LogP contribution in [0.3, 0.4) is 0 Å². The fraction of sp³-hybridized carbons (Fsp3) is 0.200. The van der Waals surface area contributed by atoms with Crippen LogP contribution < -0.4 is 5.73 Å². The molecule has 2 aromatic carbocycles. The monoisotopic (exact) mass is 403 g/mol. The van der Waals surface area contributed by atoms with Gasteiger partial charge >= 0.3 is 0 Å². The van der Waals surface area contributed by atoms with Crippen LogP contribution in [0.5, 0.6) is 0 Å². The number of nitrogens with two attached hydrogens (primary N) is 1. The predicted octanol–water partition coefficient (Wildman–Crippen LogP) is 5.04. The van der Waals surface area contributed by atoms with Crippen molar-refractivity contribution >= 4 is 31.9 Å². The first-order chi connectivity index (χ1) is 9.40. The molecule has 5 heteroatoms. The molecule has 2 rings (SSSR count). The quantitative estimate of drug-likeness (QED) is 0.761. The number of benzene rings is 2. The number of halogens is 4. The Kier molecular flexibility index (Phi) is 4.94. The molecular weight excluding hydrogens is 392 g/mol. The third kappa shape index (κ3) is 3.27. The van der Waals surface area contributed by atoms with Crippen molar-refractivity contribution in [2.75, 3.05) is 0 Å². The van der Waals surface area contributed by atoms with Gasteiger partial charge in [0, 0.05) is 20.6 Å². The van der Waals surface area contributed by atoms with E-state index in [1.54, 1.807) is 0 Å². The normalized spacial score (nSPS) is 12.5. The second-order valence-corrected chi connectivity index (χ2v) is 6.34. The van der Waals surface area contributed by atoms with E-state index in [1.165, 1.54) is 18.2 Å². The third-order valence-electron chi connectivity index (χ3n) is 3.16. The van der Waals surface area contributed by atoms with Gasteiger partial charge in [0.15, 0.2) is 0 Å². The molecule has 1 nitrogen and oxygen atoms in total. The Morgan fingerprint density at radius 2 is 1.70 bits per heavy atom. The Bertz CT molecular complexity index is 624. The predicted molar refractivity (Wildman–Crippen MR) is 83.6 cm³/mol. The minimum atomic E-state index is -0.567. The first-order valence-corrected chi connectivity index (χ1v) is 7.62. The van der Waals surface area contributed by atoms with E-state index in [9.17, 15) is 8.78 Å². The molecule has 20 heavy (non-hydrogen) atoms. The second-order valence-electron chi connectivity index (χ2n) is 4.63. The third-order valence-corrected chi connectivity index (χ3v) is 4.70. The summed E-state index contributed by atoms with van der Waals surface area (Å²) in [4.78, 5) is 0. The van der Waals surface area contributed by atoms with Crippen LogP contribution in [0.1, 0.15) is 22.7 Å². The number of hydrogen-bond acceptors (Lipinski definition) is 1. The van der Waals surface area contributed by atoms with Crippen molar-refractivity contribution in [2.45, 2.75) is 19.4 Å². The fourth-order valence-corrected chi connectivity index (χ4v) is 3.12. The van der Waals surface area contributed by atoms with Gasteiger partial charge in [-0.05, 0) is 48.7 Å². The van der Waals surface area contributed by atoms with Crippen LogP contribution in [0.2, 0.25) is 0 Å². The minimum absolute atomic E-state index is 0.0172. The SMILES string of the molecule is Cc1cc(Br)c(C(N)Cc2c(F)cccc2F)cc1Br. The molecule has 0 spiro atoms. The molecule has 0 saturated carbocycles. The van der Waals surface area contributed by atoms with E-state index >= 15 is 0 Å². The van der Waals surface area contributed by atoms with Crippen LogP contribution in [0.4, 0.5) is 8.78 Å². The average molecular weight is 405 g/mol. The van der Waals surface area contributed by atoms with E-state index in [-0.39, 0.29) is 12.0 Å². The van der Waals surface area contributed by atoms with E-state index in [2.05, 4.69) is 31.9 Å². The van der Waals surface area contributed by atoms with Gasteiger partial charge in [0.25, 0.3) is 0 Å². The zero-order valence-electron chi connectivity index (χ0n) is 10.8. The molecule has 0 aliphatic carbocycles. The molecule has 1 unspecified atom stereocenters. The minimum Gasteiger partial charge on any atom is -0.324 e. The topological polar surface area (TPSA) is 26.0 Å². The first kappa shape index (κ1) is 15.6. The molecule has 0 aliphatic rings. The van der Waals surface area contributed by atoms with E-state index < -0.39 is 17.7 Å². The molecule has 0 aromatic heterocycles. The summed E-state index contributed by atoms with van der Waals surface area (Å²) in [6.07, 6.45) is 0.104. The van der Waals surface area contributed by atoms with Crippen molar-refractivity contribution in [3.05, 3.63) is 67.6 Å².